The van der Waals surface area contributed by atoms with Crippen molar-refractivity contribution in [3.05, 3.63) is 35.6 Å². The number of ether oxygens (including phenoxy) is 1. The Bertz CT molecular complexity index is 381. The summed E-state index contributed by atoms with van der Waals surface area (Å²) in [5.41, 5.74) is 0.407. The van der Waals surface area contributed by atoms with Gasteiger partial charge in [0, 0.05) is 12.4 Å². The summed E-state index contributed by atoms with van der Waals surface area (Å²) >= 11 is 3.32. The van der Waals surface area contributed by atoms with Gasteiger partial charge in [-0.2, -0.15) is 0 Å². The van der Waals surface area contributed by atoms with Crippen LogP contribution in [-0.4, -0.2) is 31.0 Å². The van der Waals surface area contributed by atoms with Gasteiger partial charge >= 0.3 is 0 Å². The largest absolute Gasteiger partial charge is 0.383 e. The third-order valence-corrected chi connectivity index (χ3v) is 2.96. The van der Waals surface area contributed by atoms with Crippen LogP contribution in [0.1, 0.15) is 12.0 Å². The van der Waals surface area contributed by atoms with Crippen molar-refractivity contribution in [3.63, 3.8) is 0 Å². The normalized spacial score (nSPS) is 12.2. The Morgan fingerprint density at radius 3 is 2.83 bits per heavy atom. The summed E-state index contributed by atoms with van der Waals surface area (Å²) in [6.45, 7) is 0.453. The Labute approximate surface area is 115 Å². The highest BCUT2D eigenvalue weighted by Crippen LogP contribution is 2.07. The third-order valence-electron chi connectivity index (χ3n) is 2.50. The molecule has 0 bridgehead atoms. The monoisotopic (exact) mass is 317 g/mol. The number of halogens is 2. The number of alkyl halides is 1. The van der Waals surface area contributed by atoms with Crippen LogP contribution in [0.5, 0.6) is 0 Å². The molecule has 0 saturated heterocycles. The quantitative estimate of drug-likeness (QED) is 0.784. The molecule has 0 aliphatic heterocycles. The summed E-state index contributed by atoms with van der Waals surface area (Å²) in [6, 6.07) is 6.25. The van der Waals surface area contributed by atoms with Crippen molar-refractivity contribution in [3.8, 4) is 0 Å². The van der Waals surface area contributed by atoms with Crippen molar-refractivity contribution in [2.45, 2.75) is 18.9 Å². The third kappa shape index (κ3) is 5.14. The van der Waals surface area contributed by atoms with Crippen LogP contribution in [0.2, 0.25) is 0 Å². The molecule has 0 spiro atoms. The molecule has 3 nitrogen and oxygen atoms in total. The maximum atomic E-state index is 13.4. The molecular formula is C13H17BrFNO2. The van der Waals surface area contributed by atoms with Gasteiger partial charge in [-0.1, -0.05) is 34.1 Å². The van der Waals surface area contributed by atoms with E-state index in [9.17, 15) is 9.18 Å². The lowest BCUT2D eigenvalue weighted by Gasteiger charge is -2.16. The van der Waals surface area contributed by atoms with Crippen molar-refractivity contribution in [2.24, 2.45) is 0 Å². The van der Waals surface area contributed by atoms with Crippen molar-refractivity contribution < 1.29 is 13.9 Å². The van der Waals surface area contributed by atoms with Crippen LogP contribution in [0.25, 0.3) is 0 Å². The molecule has 18 heavy (non-hydrogen) atoms. The van der Waals surface area contributed by atoms with E-state index in [2.05, 4.69) is 21.2 Å². The van der Waals surface area contributed by atoms with E-state index in [1.807, 2.05) is 0 Å². The minimum absolute atomic E-state index is 0.0475. The molecule has 1 amide bonds. The average molecular weight is 318 g/mol. The first-order chi connectivity index (χ1) is 8.67. The summed E-state index contributed by atoms with van der Waals surface area (Å²) in [4.78, 5) is 11.8. The number of hydrogen-bond donors (Lipinski definition) is 1. The van der Waals surface area contributed by atoms with E-state index in [0.29, 0.717) is 12.2 Å². The Morgan fingerprint density at radius 1 is 1.50 bits per heavy atom. The van der Waals surface area contributed by atoms with Crippen molar-refractivity contribution in [2.75, 3.05) is 19.0 Å². The van der Waals surface area contributed by atoms with Gasteiger partial charge in [0.2, 0.25) is 5.91 Å². The van der Waals surface area contributed by atoms with E-state index in [1.165, 1.54) is 6.07 Å². The number of carbonyl (C=O) groups excluding carboxylic acids is 1. The predicted octanol–water partition coefficient (Wildman–Crippen LogP) is 2.28. The lowest BCUT2D eigenvalue weighted by Crippen LogP contribution is -2.39. The van der Waals surface area contributed by atoms with E-state index in [0.717, 1.165) is 11.8 Å². The zero-order valence-electron chi connectivity index (χ0n) is 10.3. The SMILES string of the molecule is COCC(CCBr)NC(=O)Cc1ccccc1F. The molecule has 0 saturated carbocycles. The molecule has 1 N–H and O–H groups in total. The van der Waals surface area contributed by atoms with E-state index < -0.39 is 0 Å². The molecule has 100 valence electrons. The van der Waals surface area contributed by atoms with Gasteiger partial charge in [-0.15, -0.1) is 0 Å². The van der Waals surface area contributed by atoms with Gasteiger partial charge in [-0.25, -0.2) is 4.39 Å². The van der Waals surface area contributed by atoms with Crippen LogP contribution in [0.4, 0.5) is 4.39 Å². The van der Waals surface area contributed by atoms with Gasteiger partial charge in [0.1, 0.15) is 5.82 Å². The van der Waals surface area contributed by atoms with Gasteiger partial charge in [0.05, 0.1) is 19.1 Å². The molecule has 1 aromatic rings. The summed E-state index contributed by atoms with van der Waals surface area (Å²) < 4.78 is 18.4. The molecule has 0 aliphatic carbocycles. The Kier molecular flexibility index (Phi) is 6.90. The van der Waals surface area contributed by atoms with E-state index in [-0.39, 0.29) is 24.2 Å². The fraction of sp³-hybridized carbons (Fsp3) is 0.462. The second-order valence-corrected chi connectivity index (χ2v) is 4.76. The number of carbonyl (C=O) groups is 1. The van der Waals surface area contributed by atoms with Crippen LogP contribution in [-0.2, 0) is 16.0 Å². The number of methoxy groups -OCH3 is 1. The molecule has 1 aromatic carbocycles. The molecule has 0 fully saturated rings. The molecule has 0 radical (unpaired) electrons. The highest BCUT2D eigenvalue weighted by atomic mass is 79.9. The molecule has 0 aromatic heterocycles. The Balaban J connectivity index is 2.52. The molecule has 1 atom stereocenters. The number of nitrogens with one attached hydrogen (secondary N) is 1. The second-order valence-electron chi connectivity index (χ2n) is 3.97. The maximum absolute atomic E-state index is 13.4. The number of benzene rings is 1. The standard InChI is InChI=1S/C13H17BrFNO2/c1-18-9-11(6-7-14)16-13(17)8-10-4-2-3-5-12(10)15/h2-5,11H,6-9H2,1H3,(H,16,17). The van der Waals surface area contributed by atoms with E-state index in [1.54, 1.807) is 25.3 Å². The van der Waals surface area contributed by atoms with Gasteiger partial charge < -0.3 is 10.1 Å². The van der Waals surface area contributed by atoms with Crippen molar-refractivity contribution in [1.82, 2.24) is 5.32 Å². The lowest BCUT2D eigenvalue weighted by molar-refractivity contribution is -0.121. The molecule has 5 heteroatoms. The zero-order chi connectivity index (χ0) is 13.4. The van der Waals surface area contributed by atoms with Crippen LogP contribution in [0.3, 0.4) is 0 Å². The summed E-state index contributed by atoms with van der Waals surface area (Å²) in [6.07, 6.45) is 0.825. The number of amides is 1. The molecule has 1 unspecified atom stereocenters. The van der Waals surface area contributed by atoms with Crippen molar-refractivity contribution >= 4 is 21.8 Å². The predicted molar refractivity (Wildman–Crippen MR) is 72.3 cm³/mol. The zero-order valence-corrected chi connectivity index (χ0v) is 11.9. The summed E-state index contributed by atoms with van der Waals surface area (Å²) in [5.74, 6) is -0.542. The Hall–Kier alpha value is -0.940. The molecular weight excluding hydrogens is 301 g/mol. The first-order valence-corrected chi connectivity index (χ1v) is 6.87. The first kappa shape index (κ1) is 15.1. The highest BCUT2D eigenvalue weighted by Gasteiger charge is 2.13. The van der Waals surface area contributed by atoms with Gasteiger partial charge in [-0.05, 0) is 18.1 Å². The van der Waals surface area contributed by atoms with Crippen LogP contribution >= 0.6 is 15.9 Å². The van der Waals surface area contributed by atoms with Crippen molar-refractivity contribution in [1.29, 1.82) is 0 Å². The average Bonchev–Trinajstić information content (AvgIpc) is 2.33. The van der Waals surface area contributed by atoms with Gasteiger partial charge in [0.25, 0.3) is 0 Å². The van der Waals surface area contributed by atoms with Crippen LogP contribution in [0, 0.1) is 5.82 Å². The van der Waals surface area contributed by atoms with E-state index >= 15 is 0 Å². The van der Waals surface area contributed by atoms with Gasteiger partial charge in [-0.3, -0.25) is 4.79 Å². The fourth-order valence-electron chi connectivity index (χ4n) is 1.62. The number of hydrogen-bond acceptors (Lipinski definition) is 2. The minimum Gasteiger partial charge on any atom is -0.383 e. The minimum atomic E-state index is -0.351. The molecule has 0 heterocycles. The second kappa shape index (κ2) is 8.21. The summed E-state index contributed by atoms with van der Waals surface area (Å²) in [5, 5.41) is 3.61. The molecule has 1 rings (SSSR count). The highest BCUT2D eigenvalue weighted by molar-refractivity contribution is 9.09. The maximum Gasteiger partial charge on any atom is 0.224 e. The topological polar surface area (TPSA) is 38.3 Å². The van der Waals surface area contributed by atoms with Crippen LogP contribution < -0.4 is 5.32 Å². The van der Waals surface area contributed by atoms with Gasteiger partial charge in [0.15, 0.2) is 0 Å². The first-order valence-electron chi connectivity index (χ1n) is 5.75. The molecule has 0 aliphatic rings. The smallest absolute Gasteiger partial charge is 0.224 e. The number of rotatable bonds is 7. The van der Waals surface area contributed by atoms with Crippen LogP contribution in [0.15, 0.2) is 24.3 Å². The fourth-order valence-corrected chi connectivity index (χ4v) is 2.18. The Morgan fingerprint density at radius 2 is 2.22 bits per heavy atom. The van der Waals surface area contributed by atoms with E-state index in [4.69, 9.17) is 4.74 Å². The lowest BCUT2D eigenvalue weighted by atomic mass is 10.1. The summed E-state index contributed by atoms with van der Waals surface area (Å²) in [7, 11) is 1.59.